The van der Waals surface area contributed by atoms with Gasteiger partial charge in [-0.2, -0.15) is 0 Å². The maximum absolute atomic E-state index is 11.0. The number of hydrogen-bond acceptors (Lipinski definition) is 2. The molecule has 0 atom stereocenters. The Balaban J connectivity index is 3.08. The third-order valence-electron chi connectivity index (χ3n) is 1.79. The SMILES string of the molecule is CC(=O)c1ccc(I)c(CC(=O)O)c1. The van der Waals surface area contributed by atoms with E-state index in [1.54, 1.807) is 18.2 Å². The lowest BCUT2D eigenvalue weighted by Crippen LogP contribution is -2.04. The normalized spacial score (nSPS) is 9.86. The molecule has 0 heterocycles. The van der Waals surface area contributed by atoms with Gasteiger partial charge in [-0.05, 0) is 47.2 Å². The molecule has 3 nitrogen and oxygen atoms in total. The number of ketones is 1. The Hall–Kier alpha value is -0.910. The van der Waals surface area contributed by atoms with Gasteiger partial charge in [0.25, 0.3) is 0 Å². The number of rotatable bonds is 3. The minimum Gasteiger partial charge on any atom is -0.481 e. The van der Waals surface area contributed by atoms with Crippen LogP contribution in [0.25, 0.3) is 0 Å². The summed E-state index contributed by atoms with van der Waals surface area (Å²) in [7, 11) is 0. The highest BCUT2D eigenvalue weighted by molar-refractivity contribution is 14.1. The lowest BCUT2D eigenvalue weighted by atomic mass is 10.1. The molecule has 0 aliphatic carbocycles. The summed E-state index contributed by atoms with van der Waals surface area (Å²) in [5.74, 6) is -0.934. The van der Waals surface area contributed by atoms with E-state index < -0.39 is 5.97 Å². The number of benzene rings is 1. The number of carbonyl (C=O) groups is 2. The van der Waals surface area contributed by atoms with Gasteiger partial charge in [-0.25, -0.2) is 0 Å². The first-order valence-corrected chi connectivity index (χ1v) is 5.09. The van der Waals surface area contributed by atoms with Crippen LogP contribution in [0, 0.1) is 3.57 Å². The fourth-order valence-electron chi connectivity index (χ4n) is 1.09. The lowest BCUT2D eigenvalue weighted by Gasteiger charge is -2.03. The van der Waals surface area contributed by atoms with Crippen LogP contribution in [0.15, 0.2) is 18.2 Å². The minimum absolute atomic E-state index is 0.0423. The molecule has 1 N–H and O–H groups in total. The van der Waals surface area contributed by atoms with Gasteiger partial charge in [-0.15, -0.1) is 0 Å². The Bertz CT molecular complexity index is 385. The van der Waals surface area contributed by atoms with Crippen molar-refractivity contribution in [3.05, 3.63) is 32.9 Å². The maximum Gasteiger partial charge on any atom is 0.307 e. The van der Waals surface area contributed by atoms with Crippen LogP contribution in [0.4, 0.5) is 0 Å². The van der Waals surface area contributed by atoms with E-state index in [9.17, 15) is 9.59 Å². The number of carboxylic acid groups (broad SMARTS) is 1. The summed E-state index contributed by atoms with van der Waals surface area (Å²) in [6, 6.07) is 5.10. The van der Waals surface area contributed by atoms with Crippen molar-refractivity contribution in [2.45, 2.75) is 13.3 Å². The van der Waals surface area contributed by atoms with Crippen LogP contribution in [-0.4, -0.2) is 16.9 Å². The van der Waals surface area contributed by atoms with Crippen molar-refractivity contribution in [1.29, 1.82) is 0 Å². The molecule has 0 aromatic heterocycles. The number of halogens is 1. The van der Waals surface area contributed by atoms with Gasteiger partial charge in [-0.3, -0.25) is 9.59 Å². The molecule has 14 heavy (non-hydrogen) atoms. The average Bonchev–Trinajstić information content (AvgIpc) is 2.07. The van der Waals surface area contributed by atoms with Crippen molar-refractivity contribution in [2.24, 2.45) is 0 Å². The largest absolute Gasteiger partial charge is 0.481 e. The minimum atomic E-state index is -0.886. The second-order valence-electron chi connectivity index (χ2n) is 2.93. The van der Waals surface area contributed by atoms with E-state index >= 15 is 0 Å². The first-order chi connectivity index (χ1) is 6.50. The fraction of sp³-hybridized carbons (Fsp3) is 0.200. The van der Waals surface area contributed by atoms with Crippen LogP contribution >= 0.6 is 22.6 Å². The van der Waals surface area contributed by atoms with Crippen LogP contribution < -0.4 is 0 Å². The lowest BCUT2D eigenvalue weighted by molar-refractivity contribution is -0.136. The first-order valence-electron chi connectivity index (χ1n) is 4.02. The second kappa shape index (κ2) is 4.54. The summed E-state index contributed by atoms with van der Waals surface area (Å²) < 4.78 is 0.870. The van der Waals surface area contributed by atoms with Crippen LogP contribution in [0.5, 0.6) is 0 Å². The zero-order valence-electron chi connectivity index (χ0n) is 7.58. The number of carboxylic acids is 1. The van der Waals surface area contributed by atoms with Crippen molar-refractivity contribution in [1.82, 2.24) is 0 Å². The number of Topliss-reactive ketones (excluding diaryl/α,β-unsaturated/α-hetero) is 1. The maximum atomic E-state index is 11.0. The van der Waals surface area contributed by atoms with Gasteiger partial charge in [0.05, 0.1) is 6.42 Å². The Kier molecular flexibility index (Phi) is 3.62. The standard InChI is InChI=1S/C10H9IO3/c1-6(12)7-2-3-9(11)8(4-7)5-10(13)14/h2-4H,5H2,1H3,(H,13,14). The Labute approximate surface area is 95.3 Å². The summed E-state index contributed by atoms with van der Waals surface area (Å²) in [5, 5.41) is 8.63. The van der Waals surface area contributed by atoms with E-state index in [2.05, 4.69) is 22.6 Å². The van der Waals surface area contributed by atoms with Crippen molar-refractivity contribution >= 4 is 34.3 Å². The van der Waals surface area contributed by atoms with Crippen molar-refractivity contribution in [3.63, 3.8) is 0 Å². The van der Waals surface area contributed by atoms with E-state index in [-0.39, 0.29) is 12.2 Å². The molecular weight excluding hydrogens is 295 g/mol. The monoisotopic (exact) mass is 304 g/mol. The molecule has 0 aliphatic rings. The van der Waals surface area contributed by atoms with Gasteiger partial charge in [0, 0.05) is 9.13 Å². The zero-order valence-corrected chi connectivity index (χ0v) is 9.74. The van der Waals surface area contributed by atoms with Crippen molar-refractivity contribution in [2.75, 3.05) is 0 Å². The van der Waals surface area contributed by atoms with Gasteiger partial charge in [0.1, 0.15) is 0 Å². The van der Waals surface area contributed by atoms with E-state index in [0.717, 1.165) is 3.57 Å². The second-order valence-corrected chi connectivity index (χ2v) is 4.10. The van der Waals surface area contributed by atoms with E-state index in [4.69, 9.17) is 5.11 Å². The molecule has 1 aromatic rings. The number of aliphatic carboxylic acids is 1. The zero-order chi connectivity index (χ0) is 10.7. The fourth-order valence-corrected chi connectivity index (χ4v) is 1.62. The molecule has 0 bridgehead atoms. The van der Waals surface area contributed by atoms with Crippen LogP contribution in [0.1, 0.15) is 22.8 Å². The molecule has 0 amide bonds. The number of carbonyl (C=O) groups excluding carboxylic acids is 1. The Morgan fingerprint density at radius 1 is 1.43 bits per heavy atom. The van der Waals surface area contributed by atoms with Crippen LogP contribution in [0.2, 0.25) is 0 Å². The van der Waals surface area contributed by atoms with Crippen molar-refractivity contribution in [3.8, 4) is 0 Å². The molecule has 74 valence electrons. The summed E-state index contributed by atoms with van der Waals surface area (Å²) >= 11 is 2.06. The van der Waals surface area contributed by atoms with Gasteiger partial charge in [-0.1, -0.05) is 6.07 Å². The predicted molar refractivity (Wildman–Crippen MR) is 60.5 cm³/mol. The number of hydrogen-bond donors (Lipinski definition) is 1. The topological polar surface area (TPSA) is 54.4 Å². The molecule has 0 spiro atoms. The highest BCUT2D eigenvalue weighted by Crippen LogP contribution is 2.15. The summed E-state index contributed by atoms with van der Waals surface area (Å²) in [4.78, 5) is 21.6. The predicted octanol–water partition coefficient (Wildman–Crippen LogP) is 2.12. The third kappa shape index (κ3) is 2.80. The van der Waals surface area contributed by atoms with Gasteiger partial charge < -0.3 is 5.11 Å². The van der Waals surface area contributed by atoms with Crippen molar-refractivity contribution < 1.29 is 14.7 Å². The van der Waals surface area contributed by atoms with Crippen LogP contribution in [-0.2, 0) is 11.2 Å². The molecule has 0 saturated carbocycles. The summed E-state index contributed by atoms with van der Waals surface area (Å²) in [6.45, 7) is 1.47. The van der Waals surface area contributed by atoms with Crippen LogP contribution in [0.3, 0.4) is 0 Å². The smallest absolute Gasteiger partial charge is 0.307 e. The molecule has 0 aliphatic heterocycles. The molecule has 0 saturated heterocycles. The average molecular weight is 304 g/mol. The Morgan fingerprint density at radius 2 is 2.07 bits per heavy atom. The highest BCUT2D eigenvalue weighted by Gasteiger charge is 2.07. The van der Waals surface area contributed by atoms with E-state index in [1.807, 2.05) is 0 Å². The molecular formula is C10H9IO3. The molecule has 0 unspecified atom stereocenters. The van der Waals surface area contributed by atoms with Gasteiger partial charge in [0.15, 0.2) is 5.78 Å². The molecule has 1 aromatic carbocycles. The van der Waals surface area contributed by atoms with Gasteiger partial charge in [0.2, 0.25) is 0 Å². The first kappa shape index (κ1) is 11.2. The summed E-state index contributed by atoms with van der Waals surface area (Å²) in [6.07, 6.45) is -0.0423. The molecule has 4 heteroatoms. The quantitative estimate of drug-likeness (QED) is 0.687. The van der Waals surface area contributed by atoms with Gasteiger partial charge >= 0.3 is 5.97 Å². The third-order valence-corrected chi connectivity index (χ3v) is 2.85. The summed E-state index contributed by atoms with van der Waals surface area (Å²) in [5.41, 5.74) is 1.24. The van der Waals surface area contributed by atoms with E-state index in [0.29, 0.717) is 11.1 Å². The Morgan fingerprint density at radius 3 is 2.57 bits per heavy atom. The molecule has 0 fully saturated rings. The molecule has 1 rings (SSSR count). The molecule has 0 radical (unpaired) electrons. The highest BCUT2D eigenvalue weighted by atomic mass is 127. The van der Waals surface area contributed by atoms with E-state index in [1.165, 1.54) is 6.92 Å².